The fraction of sp³-hybridized carbons (Fsp3) is 0. The lowest BCUT2D eigenvalue weighted by molar-refractivity contribution is -0.105. The molecule has 1 aromatic rings. The number of carbonyl (C=O) groups is 1. The Morgan fingerprint density at radius 3 is 2.80 bits per heavy atom. The Labute approximate surface area is 65.8 Å². The molecule has 1 N–H and O–H groups in total. The number of hydrogen-bond donors (Lipinski definition) is 1. The van der Waals surface area contributed by atoms with Gasteiger partial charge in [-0.25, -0.2) is 9.97 Å². The number of aromatic nitrogens is 2. The molecule has 0 bridgehead atoms. The zero-order valence-corrected chi connectivity index (χ0v) is 6.50. The molecule has 52 valence electrons. The van der Waals surface area contributed by atoms with Crippen molar-refractivity contribution in [2.45, 2.75) is 0 Å². The SMILES string of the molecule is O=CNc1cnc(Br)cn1. The standard InChI is InChI=1S/C5H4BrN3O/c6-4-1-8-5(2-7-4)9-3-10/h1-3H,(H,8,9,10). The van der Waals surface area contributed by atoms with Crippen LogP contribution < -0.4 is 5.32 Å². The van der Waals surface area contributed by atoms with E-state index in [1.165, 1.54) is 12.4 Å². The van der Waals surface area contributed by atoms with Crippen molar-refractivity contribution in [2.75, 3.05) is 5.32 Å². The highest BCUT2D eigenvalue weighted by atomic mass is 79.9. The second-order valence-corrected chi connectivity index (χ2v) is 2.30. The first-order chi connectivity index (χ1) is 4.83. The summed E-state index contributed by atoms with van der Waals surface area (Å²) in [7, 11) is 0. The van der Waals surface area contributed by atoms with Gasteiger partial charge in [0.05, 0.1) is 12.4 Å². The quantitative estimate of drug-likeness (QED) is 0.721. The zero-order chi connectivity index (χ0) is 7.40. The van der Waals surface area contributed by atoms with Gasteiger partial charge in [-0.05, 0) is 15.9 Å². The molecule has 0 aromatic carbocycles. The third-order valence-electron chi connectivity index (χ3n) is 0.827. The Morgan fingerprint density at radius 1 is 1.50 bits per heavy atom. The minimum absolute atomic E-state index is 0.443. The van der Waals surface area contributed by atoms with Crippen molar-refractivity contribution in [2.24, 2.45) is 0 Å². The fourth-order valence-corrected chi connectivity index (χ4v) is 0.652. The number of anilines is 1. The van der Waals surface area contributed by atoms with Crippen LogP contribution in [0.1, 0.15) is 0 Å². The summed E-state index contributed by atoms with van der Waals surface area (Å²) in [6, 6.07) is 0. The van der Waals surface area contributed by atoms with Crippen LogP contribution >= 0.6 is 15.9 Å². The van der Waals surface area contributed by atoms with Crippen molar-refractivity contribution in [3.8, 4) is 0 Å². The third kappa shape index (κ3) is 1.77. The van der Waals surface area contributed by atoms with E-state index in [0.717, 1.165) is 0 Å². The van der Waals surface area contributed by atoms with Crippen molar-refractivity contribution in [3.63, 3.8) is 0 Å². The minimum Gasteiger partial charge on any atom is -0.312 e. The van der Waals surface area contributed by atoms with Gasteiger partial charge in [0, 0.05) is 0 Å². The van der Waals surface area contributed by atoms with Gasteiger partial charge in [0.1, 0.15) is 4.60 Å². The summed E-state index contributed by atoms with van der Waals surface area (Å²) in [4.78, 5) is 17.5. The van der Waals surface area contributed by atoms with Gasteiger partial charge in [0.15, 0.2) is 5.82 Å². The summed E-state index contributed by atoms with van der Waals surface area (Å²) in [6.07, 6.45) is 3.52. The molecule has 0 atom stereocenters. The van der Waals surface area contributed by atoms with Gasteiger partial charge in [-0.2, -0.15) is 0 Å². The molecular weight excluding hydrogens is 198 g/mol. The predicted molar refractivity (Wildman–Crippen MR) is 39.4 cm³/mol. The molecule has 0 saturated heterocycles. The van der Waals surface area contributed by atoms with Crippen LogP contribution in [0.25, 0.3) is 0 Å². The smallest absolute Gasteiger partial charge is 0.212 e. The zero-order valence-electron chi connectivity index (χ0n) is 4.91. The second-order valence-electron chi connectivity index (χ2n) is 1.49. The maximum atomic E-state index is 9.87. The van der Waals surface area contributed by atoms with Crippen LogP contribution in [0, 0.1) is 0 Å². The summed E-state index contributed by atoms with van der Waals surface area (Å²) in [5.74, 6) is 0.443. The number of nitrogens with zero attached hydrogens (tertiary/aromatic N) is 2. The molecule has 1 heterocycles. The van der Waals surface area contributed by atoms with E-state index >= 15 is 0 Å². The molecule has 0 saturated carbocycles. The molecule has 0 aliphatic heterocycles. The highest BCUT2D eigenvalue weighted by molar-refractivity contribution is 9.10. The second kappa shape index (κ2) is 3.26. The first-order valence-electron chi connectivity index (χ1n) is 2.50. The molecule has 0 aliphatic carbocycles. The lowest BCUT2D eigenvalue weighted by atomic mass is 10.7. The van der Waals surface area contributed by atoms with Gasteiger partial charge in [0.25, 0.3) is 0 Å². The van der Waals surface area contributed by atoms with Crippen molar-refractivity contribution in [3.05, 3.63) is 17.0 Å². The molecule has 1 rings (SSSR count). The van der Waals surface area contributed by atoms with Crippen LogP contribution in [-0.4, -0.2) is 16.4 Å². The number of rotatable bonds is 2. The van der Waals surface area contributed by atoms with E-state index in [2.05, 4.69) is 31.2 Å². The van der Waals surface area contributed by atoms with E-state index in [1.54, 1.807) is 0 Å². The first-order valence-corrected chi connectivity index (χ1v) is 3.30. The average molecular weight is 202 g/mol. The van der Waals surface area contributed by atoms with Crippen LogP contribution in [0.4, 0.5) is 5.82 Å². The van der Waals surface area contributed by atoms with Crippen LogP contribution in [0.2, 0.25) is 0 Å². The molecular formula is C5H4BrN3O. The van der Waals surface area contributed by atoms with Gasteiger partial charge < -0.3 is 5.32 Å². The average Bonchev–Trinajstić information content (AvgIpc) is 1.95. The lowest BCUT2D eigenvalue weighted by Crippen LogP contribution is -1.96. The maximum Gasteiger partial charge on any atom is 0.212 e. The van der Waals surface area contributed by atoms with E-state index in [-0.39, 0.29) is 0 Å². The number of nitrogens with one attached hydrogen (secondary N) is 1. The minimum atomic E-state index is 0.443. The van der Waals surface area contributed by atoms with Crippen LogP contribution in [0.5, 0.6) is 0 Å². The molecule has 1 aromatic heterocycles. The van der Waals surface area contributed by atoms with Gasteiger partial charge >= 0.3 is 0 Å². The Balaban J connectivity index is 2.78. The molecule has 10 heavy (non-hydrogen) atoms. The Hall–Kier alpha value is -0.970. The summed E-state index contributed by atoms with van der Waals surface area (Å²) in [5, 5.41) is 2.36. The number of hydrogen-bond acceptors (Lipinski definition) is 3. The molecule has 5 heteroatoms. The van der Waals surface area contributed by atoms with Crippen molar-refractivity contribution >= 4 is 28.2 Å². The highest BCUT2D eigenvalue weighted by Gasteiger charge is 1.90. The molecule has 0 radical (unpaired) electrons. The van der Waals surface area contributed by atoms with E-state index in [4.69, 9.17) is 0 Å². The predicted octanol–water partition coefficient (Wildman–Crippen LogP) is 0.807. The number of halogens is 1. The van der Waals surface area contributed by atoms with E-state index in [0.29, 0.717) is 16.8 Å². The summed E-state index contributed by atoms with van der Waals surface area (Å²) < 4.78 is 0.643. The van der Waals surface area contributed by atoms with E-state index in [9.17, 15) is 4.79 Å². The summed E-state index contributed by atoms with van der Waals surface area (Å²) in [6.45, 7) is 0. The molecule has 1 amide bonds. The lowest BCUT2D eigenvalue weighted by Gasteiger charge is -1.93. The van der Waals surface area contributed by atoms with Crippen LogP contribution in [0.3, 0.4) is 0 Å². The summed E-state index contributed by atoms with van der Waals surface area (Å²) >= 11 is 3.11. The van der Waals surface area contributed by atoms with Gasteiger partial charge in [-0.3, -0.25) is 4.79 Å². The largest absolute Gasteiger partial charge is 0.312 e. The number of amides is 1. The van der Waals surface area contributed by atoms with Crippen molar-refractivity contribution in [1.29, 1.82) is 0 Å². The van der Waals surface area contributed by atoms with Crippen molar-refractivity contribution < 1.29 is 4.79 Å². The maximum absolute atomic E-state index is 9.87. The Bertz CT molecular complexity index is 223. The van der Waals surface area contributed by atoms with Gasteiger partial charge in [-0.15, -0.1) is 0 Å². The van der Waals surface area contributed by atoms with E-state index in [1.807, 2.05) is 0 Å². The van der Waals surface area contributed by atoms with Crippen molar-refractivity contribution in [1.82, 2.24) is 9.97 Å². The number of carbonyl (C=O) groups excluding carboxylic acids is 1. The molecule has 0 aliphatic rings. The van der Waals surface area contributed by atoms with Crippen LogP contribution in [-0.2, 0) is 4.79 Å². The molecule has 0 unspecified atom stereocenters. The monoisotopic (exact) mass is 201 g/mol. The third-order valence-corrected chi connectivity index (χ3v) is 1.24. The summed E-state index contributed by atoms with van der Waals surface area (Å²) in [5.41, 5.74) is 0. The molecule has 0 spiro atoms. The Morgan fingerprint density at radius 2 is 2.30 bits per heavy atom. The molecule has 0 fully saturated rings. The van der Waals surface area contributed by atoms with E-state index < -0.39 is 0 Å². The first kappa shape index (κ1) is 7.14. The van der Waals surface area contributed by atoms with Gasteiger partial charge in [0.2, 0.25) is 6.41 Å². The Kier molecular flexibility index (Phi) is 2.33. The normalized spacial score (nSPS) is 8.90. The topological polar surface area (TPSA) is 54.9 Å². The highest BCUT2D eigenvalue weighted by Crippen LogP contribution is 2.04. The molecule has 4 nitrogen and oxygen atoms in total. The fourth-order valence-electron chi connectivity index (χ4n) is 0.447. The van der Waals surface area contributed by atoms with Gasteiger partial charge in [-0.1, -0.05) is 0 Å². The van der Waals surface area contributed by atoms with Crippen LogP contribution in [0.15, 0.2) is 17.0 Å².